The zero-order valence-electron chi connectivity index (χ0n) is 11.5. The molecule has 8 nitrogen and oxygen atoms in total. The molecule has 0 aromatic heterocycles. The summed E-state index contributed by atoms with van der Waals surface area (Å²) in [7, 11) is 0. The van der Waals surface area contributed by atoms with Crippen LogP contribution >= 0.6 is 0 Å². The first kappa shape index (κ1) is 16.1. The molecule has 1 unspecified atom stereocenters. The van der Waals surface area contributed by atoms with E-state index in [0.29, 0.717) is 19.7 Å². The lowest BCUT2D eigenvalue weighted by atomic mass is 10.1. The molecule has 0 radical (unpaired) electrons. The molecule has 0 aromatic carbocycles. The Morgan fingerprint density at radius 3 is 2.75 bits per heavy atom. The molecule has 0 saturated carbocycles. The smallest absolute Gasteiger partial charge is 0.221 e. The third-order valence-corrected chi connectivity index (χ3v) is 3.71. The summed E-state index contributed by atoms with van der Waals surface area (Å²) >= 11 is 0. The SMILES string of the molecule is CCC1CN(OC[C@@]2(O)O[C@@H](CO)[C@@H](O)[C@@H]2O)CCO1. The van der Waals surface area contributed by atoms with Crippen molar-refractivity contribution in [2.24, 2.45) is 0 Å². The molecular weight excluding hydrogens is 270 g/mol. The Balaban J connectivity index is 1.86. The number of morpholine rings is 1. The molecule has 0 amide bonds. The molecule has 20 heavy (non-hydrogen) atoms. The lowest BCUT2D eigenvalue weighted by Gasteiger charge is -2.34. The van der Waals surface area contributed by atoms with Crippen LogP contribution in [0.2, 0.25) is 0 Å². The summed E-state index contributed by atoms with van der Waals surface area (Å²) in [6, 6.07) is 0. The van der Waals surface area contributed by atoms with E-state index in [1.807, 2.05) is 6.92 Å². The predicted octanol–water partition coefficient (Wildman–Crippen LogP) is -2.17. The Bertz CT molecular complexity index is 318. The predicted molar refractivity (Wildman–Crippen MR) is 66.5 cm³/mol. The molecule has 2 fully saturated rings. The van der Waals surface area contributed by atoms with Crippen LogP contribution in [0, 0.1) is 0 Å². The van der Waals surface area contributed by atoms with E-state index < -0.39 is 30.7 Å². The van der Waals surface area contributed by atoms with Crippen LogP contribution < -0.4 is 0 Å². The third-order valence-electron chi connectivity index (χ3n) is 3.71. The maximum atomic E-state index is 10.2. The molecular formula is C12H23NO7. The highest BCUT2D eigenvalue weighted by Gasteiger charge is 2.53. The molecule has 0 spiro atoms. The Labute approximate surface area is 117 Å². The van der Waals surface area contributed by atoms with Gasteiger partial charge in [-0.05, 0) is 6.42 Å². The van der Waals surface area contributed by atoms with Gasteiger partial charge in [0.1, 0.15) is 24.9 Å². The van der Waals surface area contributed by atoms with E-state index in [1.165, 1.54) is 0 Å². The summed E-state index contributed by atoms with van der Waals surface area (Å²) < 4.78 is 10.6. The fraction of sp³-hybridized carbons (Fsp3) is 1.00. The molecule has 5 atom stereocenters. The van der Waals surface area contributed by atoms with E-state index in [1.54, 1.807) is 5.06 Å². The van der Waals surface area contributed by atoms with Gasteiger partial charge in [0, 0.05) is 6.54 Å². The lowest BCUT2D eigenvalue weighted by Crippen LogP contribution is -2.50. The highest BCUT2D eigenvalue weighted by Crippen LogP contribution is 2.29. The van der Waals surface area contributed by atoms with Crippen LogP contribution in [-0.4, -0.2) is 88.6 Å². The minimum absolute atomic E-state index is 0.0728. The molecule has 118 valence electrons. The zero-order chi connectivity index (χ0) is 14.8. The van der Waals surface area contributed by atoms with E-state index in [4.69, 9.17) is 19.4 Å². The number of ether oxygens (including phenoxy) is 2. The van der Waals surface area contributed by atoms with Crippen molar-refractivity contribution >= 4 is 0 Å². The zero-order valence-corrected chi connectivity index (χ0v) is 11.5. The summed E-state index contributed by atoms with van der Waals surface area (Å²) in [5, 5.41) is 40.2. The summed E-state index contributed by atoms with van der Waals surface area (Å²) in [6.07, 6.45) is -2.96. The highest BCUT2D eigenvalue weighted by molar-refractivity contribution is 4.95. The highest BCUT2D eigenvalue weighted by atomic mass is 16.7. The second-order valence-electron chi connectivity index (χ2n) is 5.18. The fourth-order valence-electron chi connectivity index (χ4n) is 2.38. The van der Waals surface area contributed by atoms with Crippen LogP contribution in [0.15, 0.2) is 0 Å². The number of hydroxylamine groups is 2. The summed E-state index contributed by atoms with van der Waals surface area (Å²) in [5.41, 5.74) is 0. The third kappa shape index (κ3) is 3.29. The van der Waals surface area contributed by atoms with E-state index >= 15 is 0 Å². The van der Waals surface area contributed by atoms with E-state index in [-0.39, 0.29) is 12.7 Å². The summed E-state index contributed by atoms with van der Waals surface area (Å²) in [4.78, 5) is 5.44. The Morgan fingerprint density at radius 1 is 1.40 bits per heavy atom. The maximum Gasteiger partial charge on any atom is 0.221 e. The number of aliphatic hydroxyl groups excluding tert-OH is 3. The molecule has 2 aliphatic rings. The van der Waals surface area contributed by atoms with E-state index in [0.717, 1.165) is 6.42 Å². The summed E-state index contributed by atoms with van der Waals surface area (Å²) in [6.45, 7) is 2.84. The molecule has 2 saturated heterocycles. The van der Waals surface area contributed by atoms with Crippen LogP contribution in [-0.2, 0) is 14.3 Å². The van der Waals surface area contributed by atoms with Gasteiger partial charge in [-0.25, -0.2) is 0 Å². The Kier molecular flexibility index (Phi) is 5.32. The number of aliphatic hydroxyl groups is 4. The van der Waals surface area contributed by atoms with Crippen molar-refractivity contribution in [3.8, 4) is 0 Å². The van der Waals surface area contributed by atoms with Crippen molar-refractivity contribution in [2.45, 2.75) is 43.5 Å². The van der Waals surface area contributed by atoms with Crippen molar-refractivity contribution < 1.29 is 34.7 Å². The van der Waals surface area contributed by atoms with Crippen molar-refractivity contribution in [1.82, 2.24) is 5.06 Å². The molecule has 0 bridgehead atoms. The second kappa shape index (κ2) is 6.63. The standard InChI is InChI=1S/C12H23NO7/c1-2-8-5-13(3-4-18-8)19-7-12(17)11(16)10(15)9(6-14)20-12/h8-11,14-17H,2-7H2,1H3/t8?,9-,10+,11-,12+/m0/s1. The van der Waals surface area contributed by atoms with Crippen LogP contribution in [0.3, 0.4) is 0 Å². The van der Waals surface area contributed by atoms with Gasteiger partial charge in [0.2, 0.25) is 5.79 Å². The van der Waals surface area contributed by atoms with Crippen molar-refractivity contribution in [2.75, 3.05) is 32.9 Å². The van der Waals surface area contributed by atoms with Crippen molar-refractivity contribution in [1.29, 1.82) is 0 Å². The molecule has 4 N–H and O–H groups in total. The monoisotopic (exact) mass is 293 g/mol. The number of hydrogen-bond donors (Lipinski definition) is 4. The molecule has 0 aromatic rings. The van der Waals surface area contributed by atoms with Crippen molar-refractivity contribution in [3.05, 3.63) is 0 Å². The normalized spacial score (nSPS) is 43.0. The Morgan fingerprint density at radius 2 is 2.15 bits per heavy atom. The van der Waals surface area contributed by atoms with Gasteiger partial charge in [-0.3, -0.25) is 4.84 Å². The average Bonchev–Trinajstić information content (AvgIpc) is 2.70. The number of rotatable bonds is 5. The van der Waals surface area contributed by atoms with Crippen molar-refractivity contribution in [3.63, 3.8) is 0 Å². The van der Waals surface area contributed by atoms with Gasteiger partial charge in [0.25, 0.3) is 0 Å². The van der Waals surface area contributed by atoms with Gasteiger partial charge in [-0.2, -0.15) is 5.06 Å². The van der Waals surface area contributed by atoms with Gasteiger partial charge in [-0.1, -0.05) is 6.92 Å². The van der Waals surface area contributed by atoms with Gasteiger partial charge in [-0.15, -0.1) is 0 Å². The quantitative estimate of drug-likeness (QED) is 0.453. The van der Waals surface area contributed by atoms with Crippen LogP contribution in [0.25, 0.3) is 0 Å². The average molecular weight is 293 g/mol. The molecule has 2 rings (SSSR count). The van der Waals surface area contributed by atoms with Gasteiger partial charge in [0.15, 0.2) is 0 Å². The topological polar surface area (TPSA) is 112 Å². The van der Waals surface area contributed by atoms with Gasteiger partial charge < -0.3 is 29.9 Å². The van der Waals surface area contributed by atoms with Crippen LogP contribution in [0.5, 0.6) is 0 Å². The van der Waals surface area contributed by atoms with Crippen LogP contribution in [0.4, 0.5) is 0 Å². The first-order valence-electron chi connectivity index (χ1n) is 6.86. The first-order chi connectivity index (χ1) is 9.50. The molecule has 0 aliphatic carbocycles. The van der Waals surface area contributed by atoms with E-state index in [9.17, 15) is 15.3 Å². The van der Waals surface area contributed by atoms with Crippen LogP contribution in [0.1, 0.15) is 13.3 Å². The maximum absolute atomic E-state index is 10.2. The first-order valence-corrected chi connectivity index (χ1v) is 6.86. The minimum Gasteiger partial charge on any atom is -0.394 e. The Hall–Kier alpha value is -0.320. The second-order valence-corrected chi connectivity index (χ2v) is 5.18. The fourth-order valence-corrected chi connectivity index (χ4v) is 2.38. The largest absolute Gasteiger partial charge is 0.394 e. The van der Waals surface area contributed by atoms with E-state index in [2.05, 4.69) is 0 Å². The molecule has 2 aliphatic heterocycles. The lowest BCUT2D eigenvalue weighted by molar-refractivity contribution is -0.307. The number of nitrogens with zero attached hydrogens (tertiary/aromatic N) is 1. The molecule has 2 heterocycles. The summed E-state index contributed by atoms with van der Waals surface area (Å²) in [5.74, 6) is -2.02. The van der Waals surface area contributed by atoms with Gasteiger partial charge in [0.05, 0.1) is 25.9 Å². The number of hydrogen-bond acceptors (Lipinski definition) is 8. The van der Waals surface area contributed by atoms with Gasteiger partial charge >= 0.3 is 0 Å². The molecule has 8 heteroatoms. The minimum atomic E-state index is -2.02.